The minimum atomic E-state index is -0.914. The number of nitrogens with two attached hydrogens (primary N) is 1. The fraction of sp³-hybridized carbons (Fsp3) is 0.864. The highest BCUT2D eigenvalue weighted by atomic mass is 16.4. The van der Waals surface area contributed by atoms with Crippen molar-refractivity contribution in [3.05, 3.63) is 12.2 Å². The summed E-state index contributed by atoms with van der Waals surface area (Å²) < 4.78 is 0. The van der Waals surface area contributed by atoms with E-state index in [1.54, 1.807) is 0 Å². The number of carbonyl (C=O) groups excluding carboxylic acids is 1. The van der Waals surface area contributed by atoms with Crippen LogP contribution in [0.3, 0.4) is 0 Å². The van der Waals surface area contributed by atoms with Gasteiger partial charge in [-0.3, -0.25) is 0 Å². The molecule has 0 saturated carbocycles. The Morgan fingerprint density at radius 1 is 0.720 bits per heavy atom. The first-order valence-corrected chi connectivity index (χ1v) is 10.7. The molecule has 0 aromatic carbocycles. The van der Waals surface area contributed by atoms with Gasteiger partial charge in [0.2, 0.25) is 0 Å². The summed E-state index contributed by atoms with van der Waals surface area (Å²) in [6.07, 6.45) is 23.3. The lowest BCUT2D eigenvalue weighted by molar-refractivity contribution is -0.305. The molecular weight excluding hydrogens is 310 g/mol. The van der Waals surface area contributed by atoms with Gasteiger partial charge in [0.1, 0.15) is 0 Å². The van der Waals surface area contributed by atoms with E-state index in [0.29, 0.717) is 0 Å². The van der Waals surface area contributed by atoms with Crippen LogP contribution in [-0.2, 0) is 4.79 Å². The van der Waals surface area contributed by atoms with Crippen LogP contribution in [0.5, 0.6) is 0 Å². The molecule has 0 fully saturated rings. The van der Waals surface area contributed by atoms with E-state index in [9.17, 15) is 9.90 Å². The number of hydrogen-bond acceptors (Lipinski definition) is 3. The van der Waals surface area contributed by atoms with Gasteiger partial charge in [-0.2, -0.15) is 0 Å². The summed E-state index contributed by atoms with van der Waals surface area (Å²) in [6.45, 7) is 5.23. The molecule has 0 spiro atoms. The number of hydrogen-bond donors (Lipinski definition) is 1. The van der Waals surface area contributed by atoms with Crippen molar-refractivity contribution in [2.45, 2.75) is 117 Å². The third-order valence-corrected chi connectivity index (χ3v) is 4.20. The van der Waals surface area contributed by atoms with Crippen LogP contribution in [0, 0.1) is 0 Å². The van der Waals surface area contributed by atoms with Crippen molar-refractivity contribution in [2.75, 3.05) is 6.54 Å². The van der Waals surface area contributed by atoms with E-state index < -0.39 is 5.97 Å². The highest BCUT2D eigenvalue weighted by Crippen LogP contribution is 2.09. The monoisotopic (exact) mass is 354 g/mol. The summed E-state index contributed by atoms with van der Waals surface area (Å²) in [5.74, 6) is -0.914. The Morgan fingerprint density at radius 3 is 1.56 bits per heavy atom. The zero-order valence-corrected chi connectivity index (χ0v) is 17.1. The summed E-state index contributed by atoms with van der Waals surface area (Å²) in [5.41, 5.74) is 5.14. The predicted octanol–water partition coefficient (Wildman–Crippen LogP) is 5.52. The molecule has 0 amide bonds. The van der Waals surface area contributed by atoms with Gasteiger partial charge in [-0.05, 0) is 51.5 Å². The van der Waals surface area contributed by atoms with Crippen molar-refractivity contribution in [3.63, 3.8) is 0 Å². The summed E-state index contributed by atoms with van der Waals surface area (Å²) in [6, 6.07) is 0. The predicted molar refractivity (Wildman–Crippen MR) is 108 cm³/mol. The van der Waals surface area contributed by atoms with E-state index in [1.165, 1.54) is 77.0 Å². The maximum atomic E-state index is 10.2. The average molecular weight is 355 g/mol. The first-order chi connectivity index (χ1) is 12.2. The molecule has 25 heavy (non-hydrogen) atoms. The zero-order chi connectivity index (χ0) is 19.0. The molecule has 0 unspecified atom stereocenters. The molecule has 0 heterocycles. The molecule has 0 aromatic heterocycles. The van der Waals surface area contributed by atoms with Gasteiger partial charge < -0.3 is 15.6 Å². The van der Waals surface area contributed by atoms with E-state index in [-0.39, 0.29) is 6.42 Å². The summed E-state index contributed by atoms with van der Waals surface area (Å²) >= 11 is 0. The average Bonchev–Trinajstić information content (AvgIpc) is 2.59. The zero-order valence-electron chi connectivity index (χ0n) is 17.1. The Morgan fingerprint density at radius 2 is 1.16 bits per heavy atom. The van der Waals surface area contributed by atoms with Crippen LogP contribution >= 0.6 is 0 Å². The van der Waals surface area contributed by atoms with E-state index in [4.69, 9.17) is 5.73 Å². The molecule has 0 aromatic rings. The summed E-state index contributed by atoms with van der Waals surface area (Å²) in [4.78, 5) is 10.2. The summed E-state index contributed by atoms with van der Waals surface area (Å²) in [7, 11) is 0. The van der Waals surface area contributed by atoms with Crippen molar-refractivity contribution in [2.24, 2.45) is 5.73 Å². The SMILES string of the molecule is CCCCCCCCC=CCCCCCCCC(=O)[O-].CCCCN. The fourth-order valence-corrected chi connectivity index (χ4v) is 2.54. The highest BCUT2D eigenvalue weighted by molar-refractivity contribution is 5.63. The van der Waals surface area contributed by atoms with Gasteiger partial charge in [0.15, 0.2) is 0 Å². The molecule has 3 nitrogen and oxygen atoms in total. The standard InChI is InChI=1S/C18H34O2.C4H11N/c1-2-3-4-5-6-7-8-9-10-11-12-13-14-15-16-17-18(19)20;1-2-3-4-5/h9-10H,2-8,11-17H2,1H3,(H,19,20);2-5H2,1H3/p-1. The molecule has 0 saturated heterocycles. The third-order valence-electron chi connectivity index (χ3n) is 4.20. The number of unbranched alkanes of at least 4 members (excludes halogenated alkanes) is 12. The number of carboxylic acids is 1. The van der Waals surface area contributed by atoms with Gasteiger partial charge in [0, 0.05) is 5.97 Å². The third kappa shape index (κ3) is 31.5. The number of aliphatic carboxylic acids is 1. The van der Waals surface area contributed by atoms with Crippen molar-refractivity contribution in [1.82, 2.24) is 0 Å². The normalized spacial score (nSPS) is 10.7. The number of rotatable bonds is 17. The smallest absolute Gasteiger partial charge is 0.0414 e. The van der Waals surface area contributed by atoms with E-state index in [2.05, 4.69) is 26.0 Å². The quantitative estimate of drug-likeness (QED) is 0.276. The lowest BCUT2D eigenvalue weighted by Gasteiger charge is -2.01. The number of allylic oxidation sites excluding steroid dienone is 2. The second-order valence-corrected chi connectivity index (χ2v) is 6.85. The van der Waals surface area contributed by atoms with Gasteiger partial charge in [-0.1, -0.05) is 83.8 Å². The fourth-order valence-electron chi connectivity index (χ4n) is 2.54. The Labute approximate surface area is 157 Å². The Hall–Kier alpha value is -0.830. The van der Waals surface area contributed by atoms with Crippen molar-refractivity contribution in [1.29, 1.82) is 0 Å². The van der Waals surface area contributed by atoms with Gasteiger partial charge in [0.05, 0.1) is 0 Å². The van der Waals surface area contributed by atoms with Crippen LogP contribution in [0.15, 0.2) is 12.2 Å². The summed E-state index contributed by atoms with van der Waals surface area (Å²) in [5, 5.41) is 10.2. The highest BCUT2D eigenvalue weighted by Gasteiger charge is 1.91. The van der Waals surface area contributed by atoms with Gasteiger partial charge in [-0.15, -0.1) is 0 Å². The van der Waals surface area contributed by atoms with Gasteiger partial charge in [-0.25, -0.2) is 0 Å². The van der Waals surface area contributed by atoms with Gasteiger partial charge >= 0.3 is 0 Å². The molecule has 0 aliphatic heterocycles. The first-order valence-electron chi connectivity index (χ1n) is 10.7. The van der Waals surface area contributed by atoms with E-state index in [1.807, 2.05) is 0 Å². The number of carboxylic acid groups (broad SMARTS) is 1. The van der Waals surface area contributed by atoms with Crippen LogP contribution in [0.25, 0.3) is 0 Å². The van der Waals surface area contributed by atoms with Crippen LogP contribution < -0.4 is 10.8 Å². The lowest BCUT2D eigenvalue weighted by atomic mass is 10.1. The largest absolute Gasteiger partial charge is 0.550 e. The molecule has 150 valence electrons. The van der Waals surface area contributed by atoms with Crippen LogP contribution in [0.4, 0.5) is 0 Å². The maximum Gasteiger partial charge on any atom is 0.0414 e. The van der Waals surface area contributed by atoms with Crippen molar-refractivity contribution >= 4 is 5.97 Å². The maximum absolute atomic E-state index is 10.2. The molecule has 3 heteroatoms. The molecule has 0 rings (SSSR count). The minimum absolute atomic E-state index is 0.220. The van der Waals surface area contributed by atoms with Crippen molar-refractivity contribution in [3.8, 4) is 0 Å². The molecule has 0 radical (unpaired) electrons. The van der Waals surface area contributed by atoms with Gasteiger partial charge in [0.25, 0.3) is 0 Å². The van der Waals surface area contributed by atoms with Crippen LogP contribution in [0.1, 0.15) is 117 Å². The molecule has 0 atom stereocenters. The molecule has 2 N–H and O–H groups in total. The van der Waals surface area contributed by atoms with E-state index >= 15 is 0 Å². The topological polar surface area (TPSA) is 66.1 Å². The second-order valence-electron chi connectivity index (χ2n) is 6.85. The number of carbonyl (C=O) groups is 1. The second kappa shape index (κ2) is 25.4. The lowest BCUT2D eigenvalue weighted by Crippen LogP contribution is -2.21. The minimum Gasteiger partial charge on any atom is -0.550 e. The van der Waals surface area contributed by atoms with Crippen molar-refractivity contribution < 1.29 is 9.90 Å². The molecule has 0 aliphatic rings. The van der Waals surface area contributed by atoms with Crippen LogP contribution in [-0.4, -0.2) is 12.5 Å². The molecule has 0 bridgehead atoms. The van der Waals surface area contributed by atoms with E-state index in [0.717, 1.165) is 25.8 Å². The Kier molecular flexibility index (Phi) is 26.8. The Balaban J connectivity index is 0. The van der Waals surface area contributed by atoms with Crippen LogP contribution in [0.2, 0.25) is 0 Å². The Bertz CT molecular complexity index is 275. The molecular formula is C22H44NO2-. The molecule has 0 aliphatic carbocycles. The first kappa shape index (κ1) is 26.4.